The van der Waals surface area contributed by atoms with Crippen molar-refractivity contribution in [3.8, 4) is 11.1 Å². The van der Waals surface area contributed by atoms with E-state index in [4.69, 9.17) is 9.47 Å². The highest BCUT2D eigenvalue weighted by Crippen LogP contribution is 2.44. The smallest absolute Gasteiger partial charge is 0.410 e. The molecule has 1 aliphatic carbocycles. The summed E-state index contributed by atoms with van der Waals surface area (Å²) >= 11 is 0. The first kappa shape index (κ1) is 29.9. The average Bonchev–Trinajstić information content (AvgIpc) is 3.56. The number of carbonyl (C=O) groups is 3. The maximum atomic E-state index is 14.0. The Bertz CT molecular complexity index is 1270. The number of hydrogen-bond acceptors (Lipinski definition) is 6. The average molecular weight is 578 g/mol. The van der Waals surface area contributed by atoms with E-state index in [0.717, 1.165) is 48.3 Å². The van der Waals surface area contributed by atoms with Crippen molar-refractivity contribution in [2.45, 2.75) is 64.0 Å². The van der Waals surface area contributed by atoms with E-state index in [2.05, 4.69) is 36.1 Å². The van der Waals surface area contributed by atoms with E-state index in [1.807, 2.05) is 24.3 Å². The first-order valence-corrected chi connectivity index (χ1v) is 15.1. The van der Waals surface area contributed by atoms with Crippen molar-refractivity contribution >= 4 is 18.2 Å². The van der Waals surface area contributed by atoms with E-state index in [9.17, 15) is 19.5 Å². The fraction of sp³-hybridized carbons (Fsp3) is 0.545. The largest absolute Gasteiger partial charge is 0.479 e. The Morgan fingerprint density at radius 2 is 1.57 bits per heavy atom. The monoisotopic (exact) mass is 577 g/mol. The van der Waals surface area contributed by atoms with Gasteiger partial charge in [0.1, 0.15) is 17.7 Å². The highest BCUT2D eigenvalue weighted by atomic mass is 16.6. The first-order valence-electron chi connectivity index (χ1n) is 15.1. The Labute approximate surface area is 248 Å². The van der Waals surface area contributed by atoms with Crippen LogP contribution >= 0.6 is 0 Å². The molecule has 2 aromatic carbocycles. The number of aliphatic carboxylic acids is 1. The summed E-state index contributed by atoms with van der Waals surface area (Å²) in [6.07, 6.45) is 0.0238. The molecule has 2 aliphatic heterocycles. The number of fused-ring (bicyclic) bond motifs is 3. The predicted molar refractivity (Wildman–Crippen MR) is 159 cm³/mol. The number of carboxylic acids is 1. The van der Waals surface area contributed by atoms with Crippen LogP contribution < -0.4 is 0 Å². The molecule has 1 unspecified atom stereocenters. The van der Waals surface area contributed by atoms with E-state index in [0.29, 0.717) is 6.54 Å². The molecule has 1 atom stereocenters. The van der Waals surface area contributed by atoms with Gasteiger partial charge in [-0.25, -0.2) is 14.4 Å². The Kier molecular flexibility index (Phi) is 8.51. The second kappa shape index (κ2) is 12.0. The minimum atomic E-state index is -1.47. The van der Waals surface area contributed by atoms with E-state index < -0.39 is 29.3 Å². The van der Waals surface area contributed by atoms with Crippen LogP contribution in [-0.2, 0) is 14.3 Å². The van der Waals surface area contributed by atoms with E-state index >= 15 is 0 Å². The standard InChI is InChI=1S/C33H43N3O6/c1-5-34-17-14-23(20-34)21-36(33(29(37)38)15-18-35(19-16-33)30(39)42-32(2,3)4)31(40)41-22-28-26-12-8-6-10-24(26)25-11-7-9-13-27(25)28/h6-13,23,28H,5,14-22H2,1-4H3,(H,37,38). The molecular weight excluding hydrogens is 534 g/mol. The maximum Gasteiger partial charge on any atom is 0.410 e. The number of likely N-dealkylation sites (tertiary alicyclic amines) is 2. The molecule has 226 valence electrons. The summed E-state index contributed by atoms with van der Waals surface area (Å²) in [5.41, 5.74) is 2.35. The van der Waals surface area contributed by atoms with Crippen molar-refractivity contribution in [1.29, 1.82) is 0 Å². The summed E-state index contributed by atoms with van der Waals surface area (Å²) in [5, 5.41) is 10.6. The van der Waals surface area contributed by atoms with Gasteiger partial charge in [-0.15, -0.1) is 0 Å². The van der Waals surface area contributed by atoms with Gasteiger partial charge in [-0.05, 0) is 81.3 Å². The summed E-state index contributed by atoms with van der Waals surface area (Å²) in [4.78, 5) is 45.1. The number of rotatable bonds is 7. The second-order valence-corrected chi connectivity index (χ2v) is 12.8. The molecule has 5 rings (SSSR count). The van der Waals surface area contributed by atoms with Crippen LogP contribution in [0.1, 0.15) is 64.0 Å². The van der Waals surface area contributed by atoms with Crippen molar-refractivity contribution in [2.75, 3.05) is 45.9 Å². The number of piperidine rings is 1. The van der Waals surface area contributed by atoms with Gasteiger partial charge in [0.2, 0.25) is 0 Å². The van der Waals surface area contributed by atoms with E-state index in [1.54, 1.807) is 20.8 Å². The molecule has 2 aromatic rings. The molecule has 3 aliphatic rings. The van der Waals surface area contributed by atoms with E-state index in [-0.39, 0.29) is 44.4 Å². The molecule has 0 saturated carbocycles. The second-order valence-electron chi connectivity index (χ2n) is 12.8. The van der Waals surface area contributed by atoms with Crippen LogP contribution in [0.3, 0.4) is 0 Å². The predicted octanol–water partition coefficient (Wildman–Crippen LogP) is 5.43. The summed E-state index contributed by atoms with van der Waals surface area (Å²) in [6, 6.07) is 16.3. The summed E-state index contributed by atoms with van der Waals surface area (Å²) in [6.45, 7) is 10.9. The van der Waals surface area contributed by atoms with Crippen LogP contribution in [-0.4, -0.2) is 95.0 Å². The van der Waals surface area contributed by atoms with Crippen LogP contribution in [0.2, 0.25) is 0 Å². The number of carbonyl (C=O) groups excluding carboxylic acids is 2. The lowest BCUT2D eigenvalue weighted by Gasteiger charge is -2.46. The molecule has 0 aromatic heterocycles. The molecule has 9 heteroatoms. The fourth-order valence-corrected chi connectivity index (χ4v) is 6.69. The number of benzene rings is 2. The molecule has 1 N–H and O–H groups in total. The number of hydrogen-bond donors (Lipinski definition) is 1. The van der Waals surface area contributed by atoms with E-state index in [1.165, 1.54) is 9.80 Å². The minimum absolute atomic E-state index is 0.107. The number of ether oxygens (including phenoxy) is 2. The molecule has 2 amide bonds. The van der Waals surface area contributed by atoms with Gasteiger partial charge < -0.3 is 24.4 Å². The lowest BCUT2D eigenvalue weighted by molar-refractivity contribution is -0.154. The molecule has 9 nitrogen and oxygen atoms in total. The van der Waals surface area contributed by atoms with Gasteiger partial charge in [0, 0.05) is 32.1 Å². The van der Waals surface area contributed by atoms with Crippen molar-refractivity contribution in [3.05, 3.63) is 59.7 Å². The molecular formula is C33H43N3O6. The van der Waals surface area contributed by atoms with Crippen LogP contribution in [0.15, 0.2) is 48.5 Å². The molecule has 2 fully saturated rings. The number of nitrogens with zero attached hydrogens (tertiary/aromatic N) is 3. The third-order valence-corrected chi connectivity index (χ3v) is 8.97. The summed E-state index contributed by atoms with van der Waals surface area (Å²) < 4.78 is 11.6. The maximum absolute atomic E-state index is 14.0. The highest BCUT2D eigenvalue weighted by molar-refractivity contribution is 5.85. The Balaban J connectivity index is 1.37. The molecule has 2 saturated heterocycles. The third kappa shape index (κ3) is 5.98. The highest BCUT2D eigenvalue weighted by Gasteiger charge is 2.51. The van der Waals surface area contributed by atoms with Crippen LogP contribution in [0, 0.1) is 5.92 Å². The summed E-state index contributed by atoms with van der Waals surface area (Å²) in [5.74, 6) is -1.05. The van der Waals surface area contributed by atoms with Crippen molar-refractivity contribution in [2.24, 2.45) is 5.92 Å². The topological polar surface area (TPSA) is 99.6 Å². The van der Waals surface area contributed by atoms with Crippen molar-refractivity contribution < 1.29 is 29.0 Å². The molecule has 42 heavy (non-hydrogen) atoms. The van der Waals surface area contributed by atoms with Crippen LogP contribution in [0.5, 0.6) is 0 Å². The zero-order valence-corrected chi connectivity index (χ0v) is 25.2. The SMILES string of the molecule is CCN1CCC(CN(C(=O)OCC2c3ccccc3-c3ccccc32)C2(C(=O)O)CCN(C(=O)OC(C)(C)C)CC2)C1. The van der Waals surface area contributed by atoms with Crippen molar-refractivity contribution in [3.63, 3.8) is 0 Å². The van der Waals surface area contributed by atoms with Gasteiger partial charge in [0.15, 0.2) is 0 Å². The third-order valence-electron chi connectivity index (χ3n) is 8.97. The molecule has 0 bridgehead atoms. The lowest BCUT2D eigenvalue weighted by Crippen LogP contribution is -2.63. The van der Waals surface area contributed by atoms with Gasteiger partial charge in [-0.2, -0.15) is 0 Å². The normalized spacial score (nSPS) is 20.1. The number of carboxylic acid groups (broad SMARTS) is 1. The van der Waals surface area contributed by atoms with Gasteiger partial charge in [0.25, 0.3) is 0 Å². The Morgan fingerprint density at radius 1 is 0.976 bits per heavy atom. The first-order chi connectivity index (χ1) is 20.0. The Morgan fingerprint density at radius 3 is 2.10 bits per heavy atom. The number of amides is 2. The minimum Gasteiger partial charge on any atom is -0.479 e. The fourth-order valence-electron chi connectivity index (χ4n) is 6.69. The molecule has 2 heterocycles. The van der Waals surface area contributed by atoms with Gasteiger partial charge in [-0.3, -0.25) is 4.90 Å². The molecule has 0 spiro atoms. The van der Waals surface area contributed by atoms with Gasteiger partial charge in [-0.1, -0.05) is 55.5 Å². The lowest BCUT2D eigenvalue weighted by atomic mass is 9.85. The van der Waals surface area contributed by atoms with Crippen molar-refractivity contribution in [1.82, 2.24) is 14.7 Å². The van der Waals surface area contributed by atoms with Gasteiger partial charge >= 0.3 is 18.2 Å². The zero-order valence-electron chi connectivity index (χ0n) is 25.2. The quantitative estimate of drug-likeness (QED) is 0.468. The Hall–Kier alpha value is -3.59. The molecule has 0 radical (unpaired) electrons. The van der Waals surface area contributed by atoms with Crippen LogP contribution in [0.25, 0.3) is 11.1 Å². The summed E-state index contributed by atoms with van der Waals surface area (Å²) in [7, 11) is 0. The van der Waals surface area contributed by atoms with Gasteiger partial charge in [0.05, 0.1) is 0 Å². The zero-order chi connectivity index (χ0) is 30.1. The van der Waals surface area contributed by atoms with Crippen LogP contribution in [0.4, 0.5) is 9.59 Å².